The van der Waals surface area contributed by atoms with Crippen molar-refractivity contribution in [3.8, 4) is 0 Å². The van der Waals surface area contributed by atoms with Crippen molar-refractivity contribution in [3.05, 3.63) is 17.3 Å². The molecule has 7 heteroatoms. The summed E-state index contributed by atoms with van der Waals surface area (Å²) in [5, 5.41) is 11.4. The second-order valence-corrected chi connectivity index (χ2v) is 6.13. The number of carboxylic acid groups (broad SMARTS) is 1. The highest BCUT2D eigenvalue weighted by Gasteiger charge is 2.31. The lowest BCUT2D eigenvalue weighted by Gasteiger charge is -2.26. The number of imidazole rings is 1. The van der Waals surface area contributed by atoms with E-state index in [-0.39, 0.29) is 5.69 Å². The summed E-state index contributed by atoms with van der Waals surface area (Å²) in [6.07, 6.45) is 2.84. The minimum atomic E-state index is -0.915. The molecule has 0 aliphatic carbocycles. The number of hydrogen-bond acceptors (Lipinski definition) is 5. The zero-order valence-electron chi connectivity index (χ0n) is 12.3. The summed E-state index contributed by atoms with van der Waals surface area (Å²) >= 11 is 1.47. The van der Waals surface area contributed by atoms with Gasteiger partial charge in [-0.15, -0.1) is 11.3 Å². The fourth-order valence-electron chi connectivity index (χ4n) is 3.17. The van der Waals surface area contributed by atoms with Crippen LogP contribution in [0.4, 0.5) is 5.82 Å². The molecule has 3 heterocycles. The van der Waals surface area contributed by atoms with Crippen molar-refractivity contribution in [1.82, 2.24) is 14.3 Å². The number of anilines is 1. The molecule has 3 rings (SSSR count). The Balaban J connectivity index is 1.89. The fourth-order valence-corrected chi connectivity index (χ4v) is 3.87. The quantitative estimate of drug-likeness (QED) is 0.915. The molecule has 1 unspecified atom stereocenters. The minimum Gasteiger partial charge on any atom is -0.476 e. The summed E-state index contributed by atoms with van der Waals surface area (Å²) < 4.78 is 1.67. The van der Waals surface area contributed by atoms with Crippen LogP contribution in [0.2, 0.25) is 0 Å². The SMILES string of the molecule is CCN(CC)C1CCN(c2nc3sccn3c2C(=O)O)C1. The van der Waals surface area contributed by atoms with Crippen LogP contribution < -0.4 is 4.90 Å². The maximum Gasteiger partial charge on any atom is 0.356 e. The van der Waals surface area contributed by atoms with Gasteiger partial charge >= 0.3 is 5.97 Å². The molecule has 0 bridgehead atoms. The highest BCUT2D eigenvalue weighted by Crippen LogP contribution is 2.28. The molecule has 0 saturated carbocycles. The molecule has 1 aliphatic heterocycles. The Bertz CT molecular complexity index is 646. The van der Waals surface area contributed by atoms with E-state index in [0.717, 1.165) is 37.6 Å². The Morgan fingerprint density at radius 3 is 2.95 bits per heavy atom. The normalized spacial score (nSPS) is 19.0. The van der Waals surface area contributed by atoms with Gasteiger partial charge in [-0.3, -0.25) is 9.30 Å². The van der Waals surface area contributed by atoms with Gasteiger partial charge in [-0.05, 0) is 19.5 Å². The number of aromatic nitrogens is 2. The van der Waals surface area contributed by atoms with Crippen molar-refractivity contribution in [2.45, 2.75) is 26.3 Å². The van der Waals surface area contributed by atoms with E-state index >= 15 is 0 Å². The fraction of sp³-hybridized carbons (Fsp3) is 0.571. The molecule has 1 aliphatic rings. The van der Waals surface area contributed by atoms with Gasteiger partial charge in [-0.1, -0.05) is 13.8 Å². The third-order valence-corrected chi connectivity index (χ3v) is 4.99. The molecular weight excluding hydrogens is 288 g/mol. The smallest absolute Gasteiger partial charge is 0.356 e. The number of carboxylic acids is 1. The summed E-state index contributed by atoms with van der Waals surface area (Å²) in [6, 6.07) is 0.487. The molecule has 1 N–H and O–H groups in total. The van der Waals surface area contributed by atoms with Gasteiger partial charge in [0.1, 0.15) is 0 Å². The number of thiazole rings is 1. The summed E-state index contributed by atoms with van der Waals surface area (Å²) in [5.74, 6) is -0.300. The number of hydrogen-bond donors (Lipinski definition) is 1. The molecule has 1 saturated heterocycles. The molecule has 0 amide bonds. The first-order chi connectivity index (χ1) is 10.2. The van der Waals surface area contributed by atoms with Crippen molar-refractivity contribution < 1.29 is 9.90 Å². The van der Waals surface area contributed by atoms with Crippen molar-refractivity contribution >= 4 is 28.1 Å². The highest BCUT2D eigenvalue weighted by molar-refractivity contribution is 7.15. The number of aromatic carboxylic acids is 1. The van der Waals surface area contributed by atoms with Gasteiger partial charge in [0.25, 0.3) is 0 Å². The van der Waals surface area contributed by atoms with Gasteiger partial charge in [-0.25, -0.2) is 9.78 Å². The van der Waals surface area contributed by atoms with Crippen LogP contribution in [0.15, 0.2) is 11.6 Å². The summed E-state index contributed by atoms with van der Waals surface area (Å²) in [5.41, 5.74) is 0.284. The number of likely N-dealkylation sites (N-methyl/N-ethyl adjacent to an activating group) is 1. The predicted molar refractivity (Wildman–Crippen MR) is 83.6 cm³/mol. The van der Waals surface area contributed by atoms with Gasteiger partial charge < -0.3 is 10.0 Å². The van der Waals surface area contributed by atoms with Gasteiger partial charge in [0, 0.05) is 30.7 Å². The first kappa shape index (κ1) is 14.3. The van der Waals surface area contributed by atoms with Crippen LogP contribution in [-0.4, -0.2) is 57.6 Å². The second-order valence-electron chi connectivity index (χ2n) is 5.25. The number of nitrogens with zero attached hydrogens (tertiary/aromatic N) is 4. The summed E-state index contributed by atoms with van der Waals surface area (Å²) in [4.78, 5) is 21.4. The average Bonchev–Trinajstić information content (AvgIpc) is 3.13. The van der Waals surface area contributed by atoms with Crippen molar-refractivity contribution in [2.24, 2.45) is 0 Å². The van der Waals surface area contributed by atoms with Crippen molar-refractivity contribution in [2.75, 3.05) is 31.1 Å². The lowest BCUT2D eigenvalue weighted by atomic mass is 10.2. The summed E-state index contributed by atoms with van der Waals surface area (Å²) in [7, 11) is 0. The van der Waals surface area contributed by atoms with E-state index in [1.165, 1.54) is 11.3 Å². The Labute approximate surface area is 127 Å². The van der Waals surface area contributed by atoms with Crippen LogP contribution in [0.3, 0.4) is 0 Å². The maximum atomic E-state index is 11.6. The van der Waals surface area contributed by atoms with Crippen molar-refractivity contribution in [1.29, 1.82) is 0 Å². The zero-order valence-corrected chi connectivity index (χ0v) is 13.1. The molecule has 0 aromatic carbocycles. The van der Waals surface area contributed by atoms with E-state index in [1.54, 1.807) is 10.6 Å². The topological polar surface area (TPSA) is 61.1 Å². The van der Waals surface area contributed by atoms with Crippen LogP contribution >= 0.6 is 11.3 Å². The molecular formula is C14H20N4O2S. The molecule has 21 heavy (non-hydrogen) atoms. The van der Waals surface area contributed by atoms with Gasteiger partial charge in [-0.2, -0.15) is 0 Å². The van der Waals surface area contributed by atoms with E-state index in [2.05, 4.69) is 28.6 Å². The molecule has 2 aromatic rings. The Morgan fingerprint density at radius 2 is 2.29 bits per heavy atom. The first-order valence-electron chi connectivity index (χ1n) is 7.33. The van der Waals surface area contributed by atoms with E-state index in [1.807, 2.05) is 5.38 Å². The van der Waals surface area contributed by atoms with Crippen LogP contribution in [0, 0.1) is 0 Å². The monoisotopic (exact) mass is 308 g/mol. The first-order valence-corrected chi connectivity index (χ1v) is 8.21. The van der Waals surface area contributed by atoms with Crippen LogP contribution in [-0.2, 0) is 0 Å². The Morgan fingerprint density at radius 1 is 1.52 bits per heavy atom. The molecule has 0 radical (unpaired) electrons. The maximum absolute atomic E-state index is 11.6. The van der Waals surface area contributed by atoms with E-state index in [0.29, 0.717) is 11.9 Å². The molecule has 1 fully saturated rings. The molecule has 114 valence electrons. The Kier molecular flexibility index (Phi) is 3.86. The Hall–Kier alpha value is -1.60. The van der Waals surface area contributed by atoms with Gasteiger partial charge in [0.2, 0.25) is 0 Å². The van der Waals surface area contributed by atoms with E-state index < -0.39 is 5.97 Å². The second kappa shape index (κ2) is 5.65. The van der Waals surface area contributed by atoms with Gasteiger partial charge in [0.15, 0.2) is 16.5 Å². The van der Waals surface area contributed by atoms with Crippen LogP contribution in [0.5, 0.6) is 0 Å². The lowest BCUT2D eigenvalue weighted by Crippen LogP contribution is -2.37. The molecule has 1 atom stereocenters. The van der Waals surface area contributed by atoms with Gasteiger partial charge in [0.05, 0.1) is 0 Å². The highest BCUT2D eigenvalue weighted by atomic mass is 32.1. The van der Waals surface area contributed by atoms with Crippen LogP contribution in [0.25, 0.3) is 4.96 Å². The third kappa shape index (κ3) is 2.40. The van der Waals surface area contributed by atoms with E-state index in [9.17, 15) is 9.90 Å². The number of rotatable bonds is 5. The van der Waals surface area contributed by atoms with E-state index in [4.69, 9.17) is 0 Å². The number of fused-ring (bicyclic) bond motifs is 1. The van der Waals surface area contributed by atoms with Crippen molar-refractivity contribution in [3.63, 3.8) is 0 Å². The minimum absolute atomic E-state index is 0.284. The van der Waals surface area contributed by atoms with Crippen LogP contribution in [0.1, 0.15) is 30.8 Å². The zero-order chi connectivity index (χ0) is 15.0. The largest absolute Gasteiger partial charge is 0.476 e. The lowest BCUT2D eigenvalue weighted by molar-refractivity contribution is 0.0690. The molecule has 2 aromatic heterocycles. The summed E-state index contributed by atoms with van der Waals surface area (Å²) in [6.45, 7) is 8.11. The standard InChI is InChI=1S/C14H20N4O2S/c1-3-16(4-2)10-5-6-17(9-10)12-11(13(19)20)18-7-8-21-14(18)15-12/h7-8,10H,3-6,9H2,1-2H3,(H,19,20). The number of carbonyl (C=O) groups is 1. The predicted octanol–water partition coefficient (Wildman–Crippen LogP) is 2.01. The third-order valence-electron chi connectivity index (χ3n) is 4.24. The average molecular weight is 308 g/mol. The molecule has 6 nitrogen and oxygen atoms in total. The molecule has 0 spiro atoms.